The Kier molecular flexibility index (Phi) is 7.73. The zero-order valence-electron chi connectivity index (χ0n) is 21.3. The second-order valence-corrected chi connectivity index (χ2v) is 8.52. The first-order valence-electron chi connectivity index (χ1n) is 12.5. The third-order valence-electron chi connectivity index (χ3n) is 5.79. The van der Waals surface area contributed by atoms with Gasteiger partial charge in [0.05, 0.1) is 23.7 Å². The predicted molar refractivity (Wildman–Crippen MR) is 153 cm³/mol. The van der Waals surface area contributed by atoms with E-state index in [1.165, 1.54) is 4.68 Å². The number of carbonyl (C=O) groups excluding carboxylic acids is 1. The van der Waals surface area contributed by atoms with Crippen LogP contribution < -0.4 is 20.3 Å². The number of anilines is 1. The molecule has 0 fully saturated rings. The van der Waals surface area contributed by atoms with Crippen LogP contribution >= 0.6 is 0 Å². The van der Waals surface area contributed by atoms with Crippen LogP contribution in [0.1, 0.15) is 12.5 Å². The molecule has 1 N–H and O–H groups in total. The van der Waals surface area contributed by atoms with Crippen molar-refractivity contribution < 1.29 is 14.3 Å². The largest absolute Gasteiger partial charge is 0.490 e. The number of aromatic nitrogens is 2. The lowest BCUT2D eigenvalue weighted by Crippen LogP contribution is -2.20. The van der Waals surface area contributed by atoms with Gasteiger partial charge in [0.25, 0.3) is 11.5 Å². The minimum absolute atomic E-state index is 0.180. The first kappa shape index (κ1) is 25.4. The molecule has 0 radical (unpaired) electrons. The van der Waals surface area contributed by atoms with E-state index in [0.29, 0.717) is 46.1 Å². The van der Waals surface area contributed by atoms with Crippen molar-refractivity contribution in [2.24, 2.45) is 5.10 Å². The molecule has 8 heteroatoms. The fraction of sp³-hybridized carbons (Fsp3) is 0.0968. The molecule has 1 aromatic heterocycles. The monoisotopic (exact) mass is 518 g/mol. The Morgan fingerprint density at radius 1 is 0.897 bits per heavy atom. The number of amides is 1. The number of para-hydroxylation sites is 2. The van der Waals surface area contributed by atoms with Crippen LogP contribution in [-0.2, 0) is 4.79 Å². The molecule has 0 aliphatic heterocycles. The summed E-state index contributed by atoms with van der Waals surface area (Å²) in [4.78, 5) is 30.4. The van der Waals surface area contributed by atoms with Crippen molar-refractivity contribution in [1.82, 2.24) is 9.66 Å². The van der Waals surface area contributed by atoms with Crippen LogP contribution in [0, 0.1) is 0 Å². The van der Waals surface area contributed by atoms with Crippen LogP contribution in [0.4, 0.5) is 5.69 Å². The van der Waals surface area contributed by atoms with E-state index in [-0.39, 0.29) is 18.1 Å². The molecular formula is C31H26N4O4. The van der Waals surface area contributed by atoms with Gasteiger partial charge in [0.2, 0.25) is 0 Å². The maximum Gasteiger partial charge on any atom is 0.282 e. The molecule has 0 unspecified atom stereocenters. The van der Waals surface area contributed by atoms with Gasteiger partial charge in [-0.2, -0.15) is 9.78 Å². The summed E-state index contributed by atoms with van der Waals surface area (Å²) in [6.07, 6.45) is 1.57. The van der Waals surface area contributed by atoms with Crippen molar-refractivity contribution in [3.05, 3.63) is 119 Å². The molecule has 39 heavy (non-hydrogen) atoms. The van der Waals surface area contributed by atoms with Crippen LogP contribution in [0.5, 0.6) is 11.5 Å². The number of benzene rings is 4. The summed E-state index contributed by atoms with van der Waals surface area (Å²) < 4.78 is 12.8. The number of hydrogen-bond acceptors (Lipinski definition) is 6. The van der Waals surface area contributed by atoms with Crippen LogP contribution in [0.15, 0.2) is 113 Å². The summed E-state index contributed by atoms with van der Waals surface area (Å²) in [5.41, 5.74) is 2.47. The van der Waals surface area contributed by atoms with Crippen LogP contribution in [0.3, 0.4) is 0 Å². The van der Waals surface area contributed by atoms with E-state index < -0.39 is 0 Å². The summed E-state index contributed by atoms with van der Waals surface area (Å²) in [7, 11) is 0. The van der Waals surface area contributed by atoms with Crippen molar-refractivity contribution in [2.75, 3.05) is 18.5 Å². The van der Waals surface area contributed by atoms with Crippen molar-refractivity contribution in [3.63, 3.8) is 0 Å². The van der Waals surface area contributed by atoms with Crippen molar-refractivity contribution in [3.8, 4) is 22.9 Å². The van der Waals surface area contributed by atoms with E-state index in [4.69, 9.17) is 14.5 Å². The molecule has 0 bridgehead atoms. The molecule has 4 aromatic carbocycles. The highest BCUT2D eigenvalue weighted by Gasteiger charge is 2.13. The van der Waals surface area contributed by atoms with Crippen molar-refractivity contribution in [2.45, 2.75) is 6.92 Å². The van der Waals surface area contributed by atoms with Crippen molar-refractivity contribution >= 4 is 28.7 Å². The molecule has 5 aromatic rings. The molecule has 0 saturated carbocycles. The van der Waals surface area contributed by atoms with Gasteiger partial charge < -0.3 is 14.8 Å². The second-order valence-electron chi connectivity index (χ2n) is 8.52. The highest BCUT2D eigenvalue weighted by Crippen LogP contribution is 2.28. The molecule has 0 aliphatic rings. The minimum Gasteiger partial charge on any atom is -0.490 e. The highest BCUT2D eigenvalue weighted by molar-refractivity contribution is 5.92. The first-order valence-corrected chi connectivity index (χ1v) is 12.5. The van der Waals surface area contributed by atoms with Crippen LogP contribution in [-0.4, -0.2) is 35.0 Å². The standard InChI is InChI=1S/C31H26N4O4/c1-2-38-28-19-22(17-18-27(28)39-21-29(36)33-24-13-7-4-8-14-24)20-32-35-30(23-11-5-3-6-12-23)34-26-16-10-9-15-25(26)31(35)37/h3-20H,2,21H2,1H3,(H,33,36). The van der Waals surface area contributed by atoms with E-state index >= 15 is 0 Å². The molecule has 1 heterocycles. The average Bonchev–Trinajstić information content (AvgIpc) is 2.97. The fourth-order valence-corrected chi connectivity index (χ4v) is 3.98. The Bertz CT molecular complexity index is 1680. The summed E-state index contributed by atoms with van der Waals surface area (Å²) in [6, 6.07) is 31.0. The molecular weight excluding hydrogens is 492 g/mol. The molecule has 1 amide bonds. The van der Waals surface area contributed by atoms with E-state index in [0.717, 1.165) is 5.56 Å². The second kappa shape index (κ2) is 11.9. The number of fused-ring (bicyclic) bond motifs is 1. The molecule has 0 atom stereocenters. The van der Waals surface area contributed by atoms with Gasteiger partial charge in [0.1, 0.15) is 0 Å². The number of carbonyl (C=O) groups is 1. The highest BCUT2D eigenvalue weighted by atomic mass is 16.5. The lowest BCUT2D eigenvalue weighted by atomic mass is 10.2. The molecule has 5 rings (SSSR count). The van der Waals surface area contributed by atoms with E-state index in [1.807, 2.05) is 67.6 Å². The topological polar surface area (TPSA) is 94.8 Å². The first-order chi connectivity index (χ1) is 19.1. The number of ether oxygens (including phenoxy) is 2. The zero-order valence-corrected chi connectivity index (χ0v) is 21.3. The maximum absolute atomic E-state index is 13.4. The number of nitrogens with one attached hydrogen (secondary N) is 1. The maximum atomic E-state index is 13.4. The lowest BCUT2D eigenvalue weighted by molar-refractivity contribution is -0.118. The number of hydrogen-bond donors (Lipinski definition) is 1. The van der Waals surface area contributed by atoms with E-state index in [1.54, 1.807) is 48.7 Å². The fourth-order valence-electron chi connectivity index (χ4n) is 3.98. The smallest absolute Gasteiger partial charge is 0.282 e. The van der Waals surface area contributed by atoms with Crippen molar-refractivity contribution in [1.29, 1.82) is 0 Å². The normalized spacial score (nSPS) is 11.0. The van der Waals surface area contributed by atoms with E-state index in [2.05, 4.69) is 10.4 Å². The predicted octanol–water partition coefficient (Wildman–Crippen LogP) is 5.36. The van der Waals surface area contributed by atoms with Crippen LogP contribution in [0.25, 0.3) is 22.3 Å². The van der Waals surface area contributed by atoms with E-state index in [9.17, 15) is 9.59 Å². The average molecular weight is 519 g/mol. The number of nitrogens with zero attached hydrogens (tertiary/aromatic N) is 3. The molecule has 0 aliphatic carbocycles. The molecule has 194 valence electrons. The Morgan fingerprint density at radius 2 is 1.62 bits per heavy atom. The van der Waals surface area contributed by atoms with Gasteiger partial charge in [0, 0.05) is 11.3 Å². The zero-order chi connectivity index (χ0) is 27.0. The summed E-state index contributed by atoms with van der Waals surface area (Å²) in [5.74, 6) is 1.03. The third kappa shape index (κ3) is 6.02. The van der Waals surface area contributed by atoms with Gasteiger partial charge in [-0.1, -0.05) is 60.7 Å². The van der Waals surface area contributed by atoms with Gasteiger partial charge in [-0.3, -0.25) is 9.59 Å². The summed E-state index contributed by atoms with van der Waals surface area (Å²) in [6.45, 7) is 2.08. The quantitative estimate of drug-likeness (QED) is 0.265. The van der Waals surface area contributed by atoms with Gasteiger partial charge in [-0.05, 0) is 55.0 Å². The van der Waals surface area contributed by atoms with Crippen LogP contribution in [0.2, 0.25) is 0 Å². The Labute approximate surface area is 225 Å². The number of rotatable bonds is 9. The third-order valence-corrected chi connectivity index (χ3v) is 5.79. The Hall–Kier alpha value is -5.24. The summed E-state index contributed by atoms with van der Waals surface area (Å²) >= 11 is 0. The van der Waals surface area contributed by atoms with Gasteiger partial charge >= 0.3 is 0 Å². The molecule has 0 spiro atoms. The SMILES string of the molecule is CCOc1cc(C=Nn2c(-c3ccccc3)nc3ccccc3c2=O)ccc1OCC(=O)Nc1ccccc1. The molecule has 8 nitrogen and oxygen atoms in total. The summed E-state index contributed by atoms with van der Waals surface area (Å²) in [5, 5.41) is 7.77. The molecule has 0 saturated heterocycles. The van der Waals surface area contributed by atoms with Gasteiger partial charge in [-0.25, -0.2) is 4.98 Å². The lowest BCUT2D eigenvalue weighted by Gasteiger charge is -2.13. The van der Waals surface area contributed by atoms with Gasteiger partial charge in [-0.15, -0.1) is 0 Å². The minimum atomic E-state index is -0.286. The Balaban J connectivity index is 1.42. The van der Waals surface area contributed by atoms with Gasteiger partial charge in [0.15, 0.2) is 23.9 Å². The Morgan fingerprint density at radius 3 is 2.38 bits per heavy atom.